The fourth-order valence-corrected chi connectivity index (χ4v) is 3.56. The second kappa shape index (κ2) is 4.81. The highest BCUT2D eigenvalue weighted by molar-refractivity contribution is 5.96. The van der Waals surface area contributed by atoms with E-state index < -0.39 is 22.3 Å². The summed E-state index contributed by atoms with van der Waals surface area (Å²) < 4.78 is 5.49. The van der Waals surface area contributed by atoms with Gasteiger partial charge < -0.3 is 9.84 Å². The molecule has 0 aromatic heterocycles. The Morgan fingerprint density at radius 1 is 1.26 bits per heavy atom. The van der Waals surface area contributed by atoms with E-state index in [9.17, 15) is 14.7 Å². The summed E-state index contributed by atoms with van der Waals surface area (Å²) in [4.78, 5) is 24.8. The molecule has 1 aliphatic carbocycles. The zero-order valence-corrected chi connectivity index (χ0v) is 13.4. The lowest BCUT2D eigenvalue weighted by Gasteiger charge is -2.34. The van der Waals surface area contributed by atoms with Crippen LogP contribution in [-0.4, -0.2) is 28.8 Å². The number of carbonyl (C=O) groups is 2. The maximum Gasteiger partial charge on any atom is 0.313 e. The van der Waals surface area contributed by atoms with E-state index in [0.717, 1.165) is 5.56 Å². The third-order valence-electron chi connectivity index (χ3n) is 5.72. The highest BCUT2D eigenvalue weighted by atomic mass is 16.6. The summed E-state index contributed by atoms with van der Waals surface area (Å²) in [5.74, 6) is -0.548. The highest BCUT2D eigenvalue weighted by Crippen LogP contribution is 2.65. The number of hydrogen-bond donors (Lipinski definition) is 2. The summed E-state index contributed by atoms with van der Waals surface area (Å²) in [6.07, 6.45) is 2.61. The predicted molar refractivity (Wildman–Crippen MR) is 83.8 cm³/mol. The summed E-state index contributed by atoms with van der Waals surface area (Å²) >= 11 is 0. The van der Waals surface area contributed by atoms with Gasteiger partial charge in [0.2, 0.25) is 0 Å². The third kappa shape index (κ3) is 1.97. The Bertz CT molecular complexity index is 695. The van der Waals surface area contributed by atoms with Crippen molar-refractivity contribution in [1.29, 1.82) is 0 Å². The normalized spacial score (nSPS) is 31.3. The van der Waals surface area contributed by atoms with Crippen LogP contribution < -0.4 is 5.43 Å². The van der Waals surface area contributed by atoms with Gasteiger partial charge in [-0.15, -0.1) is 0 Å². The molecule has 2 aliphatic rings. The second-order valence-corrected chi connectivity index (χ2v) is 6.96. The smallest absolute Gasteiger partial charge is 0.313 e. The number of hydrazone groups is 1. The van der Waals surface area contributed by atoms with E-state index in [1.54, 1.807) is 12.1 Å². The van der Waals surface area contributed by atoms with Gasteiger partial charge in [-0.3, -0.25) is 9.59 Å². The monoisotopic (exact) mass is 316 g/mol. The van der Waals surface area contributed by atoms with Crippen LogP contribution in [0.25, 0.3) is 0 Å². The van der Waals surface area contributed by atoms with Crippen LogP contribution in [0.2, 0.25) is 0 Å². The van der Waals surface area contributed by atoms with Crippen molar-refractivity contribution in [3.8, 4) is 5.75 Å². The molecule has 1 saturated carbocycles. The number of ether oxygens (including phenoxy) is 1. The molecule has 2 N–H and O–H groups in total. The molecular weight excluding hydrogens is 296 g/mol. The van der Waals surface area contributed by atoms with Crippen molar-refractivity contribution in [2.45, 2.75) is 39.2 Å². The van der Waals surface area contributed by atoms with Gasteiger partial charge in [-0.25, -0.2) is 5.43 Å². The van der Waals surface area contributed by atoms with Gasteiger partial charge in [0.05, 0.1) is 11.6 Å². The van der Waals surface area contributed by atoms with Crippen LogP contribution in [0.4, 0.5) is 0 Å². The number of esters is 1. The quantitative estimate of drug-likeness (QED) is 0.507. The summed E-state index contributed by atoms with van der Waals surface area (Å²) in [6, 6.07) is 6.42. The molecule has 6 heteroatoms. The molecule has 3 rings (SSSR count). The van der Waals surface area contributed by atoms with Crippen LogP contribution in [0.1, 0.15) is 39.2 Å². The van der Waals surface area contributed by atoms with Crippen LogP contribution in [0.5, 0.6) is 5.75 Å². The predicted octanol–water partition coefficient (Wildman–Crippen LogP) is 1.96. The van der Waals surface area contributed by atoms with Crippen molar-refractivity contribution in [1.82, 2.24) is 5.43 Å². The number of amides is 1. The van der Waals surface area contributed by atoms with Gasteiger partial charge >= 0.3 is 5.97 Å². The minimum atomic E-state index is -1.16. The van der Waals surface area contributed by atoms with Crippen molar-refractivity contribution in [3.63, 3.8) is 0 Å². The number of fused-ring (bicyclic) bond motifs is 2. The minimum absolute atomic E-state index is 0.162. The lowest BCUT2D eigenvalue weighted by molar-refractivity contribution is -0.168. The molecular formula is C17H20N2O4. The number of nitrogens with zero attached hydrogens (tertiary/aromatic N) is 1. The topological polar surface area (TPSA) is 88.0 Å². The van der Waals surface area contributed by atoms with Crippen LogP contribution in [0, 0.1) is 10.8 Å². The number of carbonyl (C=O) groups excluding carboxylic acids is 2. The summed E-state index contributed by atoms with van der Waals surface area (Å²) in [5.41, 5.74) is 0.842. The van der Waals surface area contributed by atoms with Gasteiger partial charge in [0.15, 0.2) is 5.60 Å². The van der Waals surface area contributed by atoms with E-state index in [2.05, 4.69) is 10.5 Å². The molecule has 1 aliphatic heterocycles. The fraction of sp³-hybridized carbons (Fsp3) is 0.471. The molecule has 2 bridgehead atoms. The lowest BCUT2D eigenvalue weighted by Crippen LogP contribution is -2.52. The highest BCUT2D eigenvalue weighted by Gasteiger charge is 2.75. The van der Waals surface area contributed by atoms with Crippen molar-refractivity contribution >= 4 is 18.1 Å². The first-order valence-corrected chi connectivity index (χ1v) is 7.59. The van der Waals surface area contributed by atoms with E-state index >= 15 is 0 Å². The largest absolute Gasteiger partial charge is 0.508 e. The minimum Gasteiger partial charge on any atom is -0.508 e. The van der Waals surface area contributed by atoms with Crippen molar-refractivity contribution in [2.75, 3.05) is 0 Å². The van der Waals surface area contributed by atoms with E-state index in [0.29, 0.717) is 12.8 Å². The average Bonchev–Trinajstić information content (AvgIpc) is 2.79. The van der Waals surface area contributed by atoms with Crippen molar-refractivity contribution in [2.24, 2.45) is 15.9 Å². The van der Waals surface area contributed by atoms with E-state index in [4.69, 9.17) is 4.74 Å². The molecule has 1 amide bonds. The zero-order chi connectivity index (χ0) is 16.9. The molecule has 2 atom stereocenters. The molecule has 2 fully saturated rings. The fourth-order valence-electron chi connectivity index (χ4n) is 3.56. The average molecular weight is 316 g/mol. The molecule has 0 radical (unpaired) electrons. The summed E-state index contributed by atoms with van der Waals surface area (Å²) in [5, 5.41) is 13.2. The van der Waals surface area contributed by atoms with Gasteiger partial charge in [0.25, 0.3) is 5.91 Å². The van der Waals surface area contributed by atoms with Crippen LogP contribution >= 0.6 is 0 Å². The second-order valence-electron chi connectivity index (χ2n) is 6.96. The maximum absolute atomic E-state index is 12.6. The number of hydrogen-bond acceptors (Lipinski definition) is 5. The van der Waals surface area contributed by atoms with Crippen molar-refractivity contribution < 1.29 is 19.4 Å². The van der Waals surface area contributed by atoms with E-state index in [-0.39, 0.29) is 11.7 Å². The van der Waals surface area contributed by atoms with Crippen LogP contribution in [0.3, 0.4) is 0 Å². The maximum atomic E-state index is 12.6. The Balaban J connectivity index is 1.76. The first-order chi connectivity index (χ1) is 10.7. The van der Waals surface area contributed by atoms with E-state index in [1.807, 2.05) is 20.8 Å². The Morgan fingerprint density at radius 3 is 2.43 bits per heavy atom. The lowest BCUT2D eigenvalue weighted by atomic mass is 9.66. The Morgan fingerprint density at radius 2 is 1.91 bits per heavy atom. The van der Waals surface area contributed by atoms with Gasteiger partial charge in [-0.05, 0) is 49.6 Å². The molecule has 23 heavy (non-hydrogen) atoms. The number of phenols is 1. The number of rotatable bonds is 3. The summed E-state index contributed by atoms with van der Waals surface area (Å²) in [7, 11) is 0. The Labute approximate surface area is 134 Å². The standard InChI is InChI=1S/C17H20N2O4/c1-15(2)16(3)8-9-17(15,23-14(16)22)13(21)19-18-10-11-4-6-12(20)7-5-11/h4-7,10,20H,8-9H2,1-3H3,(H,19,21)/b18-10-/t16-,17+/m1/s1. The first kappa shape index (κ1) is 15.5. The molecule has 1 aromatic carbocycles. The van der Waals surface area contributed by atoms with Gasteiger partial charge in [-0.1, -0.05) is 13.8 Å². The molecule has 1 saturated heterocycles. The number of nitrogens with one attached hydrogen (secondary N) is 1. The molecule has 0 unspecified atom stereocenters. The zero-order valence-electron chi connectivity index (χ0n) is 13.4. The molecule has 1 aromatic rings. The van der Waals surface area contributed by atoms with Gasteiger partial charge in [0.1, 0.15) is 5.75 Å². The Kier molecular flexibility index (Phi) is 3.25. The third-order valence-corrected chi connectivity index (χ3v) is 5.72. The Hall–Kier alpha value is -2.37. The number of aromatic hydroxyl groups is 1. The van der Waals surface area contributed by atoms with Gasteiger partial charge in [0, 0.05) is 5.41 Å². The van der Waals surface area contributed by atoms with E-state index in [1.165, 1.54) is 18.3 Å². The molecule has 122 valence electrons. The molecule has 6 nitrogen and oxygen atoms in total. The number of phenolic OH excluding ortho intramolecular Hbond substituents is 1. The van der Waals surface area contributed by atoms with Crippen molar-refractivity contribution in [3.05, 3.63) is 29.8 Å². The number of benzene rings is 1. The molecule has 0 spiro atoms. The SMILES string of the molecule is CC1(C)[C@@]2(C(=O)N/N=C\c3ccc(O)cc3)CC[C@]1(C)C(=O)O2. The first-order valence-electron chi connectivity index (χ1n) is 7.59. The molecule has 1 heterocycles. The van der Waals surface area contributed by atoms with Crippen LogP contribution in [0.15, 0.2) is 29.4 Å². The van der Waals surface area contributed by atoms with Gasteiger partial charge in [-0.2, -0.15) is 5.10 Å². The summed E-state index contributed by atoms with van der Waals surface area (Å²) in [6.45, 7) is 5.65. The van der Waals surface area contributed by atoms with Crippen LogP contribution in [-0.2, 0) is 14.3 Å².